The number of rotatable bonds is 7. The van der Waals surface area contributed by atoms with Gasteiger partial charge < -0.3 is 19.9 Å². The van der Waals surface area contributed by atoms with Gasteiger partial charge in [-0.3, -0.25) is 4.79 Å². The molecule has 0 radical (unpaired) electrons. The minimum atomic E-state index is -1.37. The molecule has 0 aliphatic carbocycles. The van der Waals surface area contributed by atoms with E-state index in [-0.39, 0.29) is 19.1 Å². The van der Waals surface area contributed by atoms with Gasteiger partial charge in [0.15, 0.2) is 12.7 Å². The topological polar surface area (TPSA) is 84.9 Å². The third-order valence-corrected chi connectivity index (χ3v) is 2.87. The van der Waals surface area contributed by atoms with Crippen LogP contribution in [0.1, 0.15) is 25.3 Å². The van der Waals surface area contributed by atoms with Crippen LogP contribution in [0.4, 0.5) is 0 Å². The van der Waals surface area contributed by atoms with Crippen LogP contribution >= 0.6 is 0 Å². The monoisotopic (exact) mass is 295 g/mol. The highest BCUT2D eigenvalue weighted by Gasteiger charge is 2.16. The van der Waals surface area contributed by atoms with E-state index in [4.69, 9.17) is 4.74 Å². The van der Waals surface area contributed by atoms with Crippen molar-refractivity contribution in [3.63, 3.8) is 0 Å². The fourth-order valence-electron chi connectivity index (χ4n) is 1.71. The largest absolute Gasteiger partial charge is 0.483 e. The average Bonchev–Trinajstić information content (AvgIpc) is 2.49. The van der Waals surface area contributed by atoms with Crippen molar-refractivity contribution < 1.29 is 24.2 Å². The molecule has 6 nitrogen and oxygen atoms in total. The summed E-state index contributed by atoms with van der Waals surface area (Å²) < 4.78 is 9.81. The molecule has 0 saturated carbocycles. The summed E-state index contributed by atoms with van der Waals surface area (Å²) in [7, 11) is 1.17. The van der Waals surface area contributed by atoms with Gasteiger partial charge in [0.2, 0.25) is 0 Å². The Kier molecular flexibility index (Phi) is 6.68. The first kappa shape index (κ1) is 17.0. The summed E-state index contributed by atoms with van der Waals surface area (Å²) >= 11 is 0. The summed E-state index contributed by atoms with van der Waals surface area (Å²) in [5.41, 5.74) is 1.01. The lowest BCUT2D eigenvalue weighted by molar-refractivity contribution is -0.150. The van der Waals surface area contributed by atoms with E-state index in [2.05, 4.69) is 10.1 Å². The number of amides is 1. The molecule has 1 atom stereocenters. The number of carbonyl (C=O) groups is 2. The number of aliphatic hydroxyl groups is 1. The number of esters is 1. The number of aliphatic hydroxyl groups excluding tert-OH is 1. The van der Waals surface area contributed by atoms with Crippen LogP contribution in [-0.2, 0) is 14.3 Å². The van der Waals surface area contributed by atoms with E-state index in [9.17, 15) is 14.7 Å². The van der Waals surface area contributed by atoms with Crippen LogP contribution in [0, 0.1) is 0 Å². The van der Waals surface area contributed by atoms with Gasteiger partial charge in [-0.15, -0.1) is 0 Å². The van der Waals surface area contributed by atoms with Gasteiger partial charge in [-0.1, -0.05) is 32.0 Å². The summed E-state index contributed by atoms with van der Waals surface area (Å²) in [4.78, 5) is 22.6. The zero-order chi connectivity index (χ0) is 15.8. The molecule has 0 aliphatic rings. The molecule has 1 rings (SSSR count). The van der Waals surface area contributed by atoms with Crippen molar-refractivity contribution >= 4 is 11.9 Å². The summed E-state index contributed by atoms with van der Waals surface area (Å²) in [5, 5.41) is 11.7. The van der Waals surface area contributed by atoms with Crippen molar-refractivity contribution in [3.8, 4) is 5.75 Å². The van der Waals surface area contributed by atoms with Crippen molar-refractivity contribution in [2.75, 3.05) is 20.3 Å². The van der Waals surface area contributed by atoms with Gasteiger partial charge in [0.25, 0.3) is 5.91 Å². The Bertz CT molecular complexity index is 487. The van der Waals surface area contributed by atoms with E-state index in [0.29, 0.717) is 5.75 Å². The Labute approximate surface area is 124 Å². The minimum absolute atomic E-state index is 0.183. The highest BCUT2D eigenvalue weighted by Crippen LogP contribution is 2.25. The number of nitrogens with one attached hydrogen (secondary N) is 1. The minimum Gasteiger partial charge on any atom is -0.483 e. The maximum absolute atomic E-state index is 11.6. The summed E-state index contributed by atoms with van der Waals surface area (Å²) in [6.45, 7) is 3.68. The van der Waals surface area contributed by atoms with Crippen molar-refractivity contribution in [2.24, 2.45) is 0 Å². The third-order valence-electron chi connectivity index (χ3n) is 2.87. The van der Waals surface area contributed by atoms with Gasteiger partial charge in [0, 0.05) is 0 Å². The van der Waals surface area contributed by atoms with Gasteiger partial charge in [-0.05, 0) is 17.5 Å². The van der Waals surface area contributed by atoms with Crippen molar-refractivity contribution in [1.82, 2.24) is 5.32 Å². The van der Waals surface area contributed by atoms with E-state index >= 15 is 0 Å². The van der Waals surface area contributed by atoms with Crippen LogP contribution in [0.2, 0.25) is 0 Å². The second-order valence-corrected chi connectivity index (χ2v) is 4.82. The van der Waals surface area contributed by atoms with E-state index < -0.39 is 18.0 Å². The van der Waals surface area contributed by atoms with Crippen LogP contribution in [0.3, 0.4) is 0 Å². The quantitative estimate of drug-likeness (QED) is 0.728. The molecule has 116 valence electrons. The van der Waals surface area contributed by atoms with E-state index in [1.807, 2.05) is 32.0 Å². The molecule has 6 heteroatoms. The maximum atomic E-state index is 11.6. The number of carbonyl (C=O) groups excluding carboxylic acids is 2. The standard InChI is InChI=1S/C15H21NO5/c1-10(2)11-6-4-5-7-13(11)21-9-14(18)16-8-12(17)15(19)20-3/h4-7,10,12,17H,8-9H2,1-3H3,(H,16,18). The van der Waals surface area contributed by atoms with E-state index in [1.165, 1.54) is 7.11 Å². The highest BCUT2D eigenvalue weighted by atomic mass is 16.5. The zero-order valence-corrected chi connectivity index (χ0v) is 12.5. The van der Waals surface area contributed by atoms with Gasteiger partial charge >= 0.3 is 5.97 Å². The van der Waals surface area contributed by atoms with E-state index in [1.54, 1.807) is 6.07 Å². The second kappa shape index (κ2) is 8.26. The lowest BCUT2D eigenvalue weighted by Crippen LogP contribution is -2.39. The Morgan fingerprint density at radius 3 is 2.57 bits per heavy atom. The molecule has 0 saturated heterocycles. The van der Waals surface area contributed by atoms with Crippen molar-refractivity contribution in [3.05, 3.63) is 29.8 Å². The molecular weight excluding hydrogens is 274 g/mol. The molecule has 21 heavy (non-hydrogen) atoms. The normalized spacial score (nSPS) is 11.9. The molecule has 0 heterocycles. The second-order valence-electron chi connectivity index (χ2n) is 4.82. The fourth-order valence-corrected chi connectivity index (χ4v) is 1.71. The molecule has 0 fully saturated rings. The molecule has 0 bridgehead atoms. The first-order valence-corrected chi connectivity index (χ1v) is 6.70. The maximum Gasteiger partial charge on any atom is 0.336 e. The molecule has 0 aromatic heterocycles. The van der Waals surface area contributed by atoms with Gasteiger partial charge in [0.1, 0.15) is 5.75 Å². The van der Waals surface area contributed by atoms with Crippen LogP contribution in [0.5, 0.6) is 5.75 Å². The predicted octanol–water partition coefficient (Wildman–Crippen LogP) is 0.839. The Morgan fingerprint density at radius 1 is 1.29 bits per heavy atom. The number of benzene rings is 1. The highest BCUT2D eigenvalue weighted by molar-refractivity contribution is 5.79. The SMILES string of the molecule is COC(=O)C(O)CNC(=O)COc1ccccc1C(C)C. The first-order chi connectivity index (χ1) is 9.95. The number of ether oxygens (including phenoxy) is 2. The molecule has 1 aromatic rings. The van der Waals surface area contributed by atoms with Crippen LogP contribution in [-0.4, -0.2) is 43.3 Å². The summed E-state index contributed by atoms with van der Waals surface area (Å²) in [6.07, 6.45) is -1.37. The lowest BCUT2D eigenvalue weighted by atomic mass is 10.0. The molecule has 1 unspecified atom stereocenters. The molecule has 1 amide bonds. The first-order valence-electron chi connectivity index (χ1n) is 6.70. The molecule has 0 spiro atoms. The van der Waals surface area contributed by atoms with Crippen LogP contribution in [0.25, 0.3) is 0 Å². The van der Waals surface area contributed by atoms with Crippen LogP contribution in [0.15, 0.2) is 24.3 Å². The lowest BCUT2D eigenvalue weighted by Gasteiger charge is -2.14. The van der Waals surface area contributed by atoms with Gasteiger partial charge in [-0.2, -0.15) is 0 Å². The van der Waals surface area contributed by atoms with E-state index in [0.717, 1.165) is 5.56 Å². The predicted molar refractivity (Wildman–Crippen MR) is 77.1 cm³/mol. The zero-order valence-electron chi connectivity index (χ0n) is 12.5. The number of para-hydroxylation sites is 1. The van der Waals surface area contributed by atoms with Gasteiger partial charge in [0.05, 0.1) is 13.7 Å². The molecule has 2 N–H and O–H groups in total. The Balaban J connectivity index is 2.45. The average molecular weight is 295 g/mol. The fraction of sp³-hybridized carbons (Fsp3) is 0.467. The van der Waals surface area contributed by atoms with Crippen molar-refractivity contribution in [1.29, 1.82) is 0 Å². The van der Waals surface area contributed by atoms with Crippen molar-refractivity contribution in [2.45, 2.75) is 25.9 Å². The van der Waals surface area contributed by atoms with Crippen LogP contribution < -0.4 is 10.1 Å². The number of methoxy groups -OCH3 is 1. The third kappa shape index (κ3) is 5.43. The smallest absolute Gasteiger partial charge is 0.336 e. The number of hydrogen-bond donors (Lipinski definition) is 2. The van der Waals surface area contributed by atoms with Gasteiger partial charge in [-0.25, -0.2) is 4.79 Å². The summed E-state index contributed by atoms with van der Waals surface area (Å²) in [5.74, 6) is -0.278. The Morgan fingerprint density at radius 2 is 1.95 bits per heavy atom. The molecule has 1 aromatic carbocycles. The molecule has 0 aliphatic heterocycles. The molecular formula is C15H21NO5. The Hall–Kier alpha value is -2.08. The summed E-state index contributed by atoms with van der Waals surface area (Å²) in [6, 6.07) is 7.49. The number of hydrogen-bond acceptors (Lipinski definition) is 5.